The molecule has 2 N–H and O–H groups in total. The summed E-state index contributed by atoms with van der Waals surface area (Å²) in [6.07, 6.45) is -1.37. The zero-order valence-corrected chi connectivity index (χ0v) is 28.8. The van der Waals surface area contributed by atoms with E-state index in [1.54, 1.807) is 46.8 Å². The summed E-state index contributed by atoms with van der Waals surface area (Å²) in [6, 6.07) is 8.97. The highest BCUT2D eigenvalue weighted by Crippen LogP contribution is 2.41. The highest BCUT2D eigenvalue weighted by molar-refractivity contribution is 9.10. The molecule has 0 spiro atoms. The number of ether oxygens (including phenoxy) is 5. The molecule has 0 aliphatic carbocycles. The van der Waals surface area contributed by atoms with Gasteiger partial charge in [-0.25, -0.2) is 19.6 Å². The molecule has 3 aromatic rings. The fourth-order valence-corrected chi connectivity index (χ4v) is 5.70. The molecule has 3 heterocycles. The van der Waals surface area contributed by atoms with Crippen molar-refractivity contribution in [2.75, 3.05) is 33.7 Å². The zero-order chi connectivity index (χ0) is 34.1. The number of benzene rings is 2. The molecule has 2 aromatic carbocycles. The van der Waals surface area contributed by atoms with Crippen molar-refractivity contribution in [1.29, 1.82) is 0 Å². The molecule has 0 saturated carbocycles. The van der Waals surface area contributed by atoms with Crippen molar-refractivity contribution in [3.63, 3.8) is 0 Å². The minimum Gasteiger partial charge on any atom is -0.471 e. The zero-order valence-electron chi connectivity index (χ0n) is 27.2. The number of methoxy groups -OCH3 is 1. The number of halogens is 1. The SMILES string of the molecule is COC(=O)[C@@H]1C[C@@H](Oc2nc3ccc4c(c3nc2-c2cccc(Br)c2)OCO4)CN1C(=O)[C@@H](NC(=O)OCC(C)(C)CO)C(C)(C)C. The number of hydrogen-bond acceptors (Lipinski definition) is 11. The van der Waals surface area contributed by atoms with Crippen molar-refractivity contribution in [3.8, 4) is 28.6 Å². The predicted octanol–water partition coefficient (Wildman–Crippen LogP) is 4.47. The Morgan fingerprint density at radius 3 is 2.57 bits per heavy atom. The van der Waals surface area contributed by atoms with Crippen LogP contribution >= 0.6 is 15.9 Å². The van der Waals surface area contributed by atoms with Crippen molar-refractivity contribution >= 4 is 44.9 Å². The van der Waals surface area contributed by atoms with Gasteiger partial charge in [-0.2, -0.15) is 0 Å². The molecule has 14 heteroatoms. The van der Waals surface area contributed by atoms with Gasteiger partial charge < -0.3 is 39.0 Å². The average molecular weight is 716 g/mol. The summed E-state index contributed by atoms with van der Waals surface area (Å²) >= 11 is 3.52. The number of hydrogen-bond donors (Lipinski definition) is 2. The minimum atomic E-state index is -1.06. The fourth-order valence-electron chi connectivity index (χ4n) is 5.30. The van der Waals surface area contributed by atoms with Gasteiger partial charge in [-0.3, -0.25) is 4.79 Å². The number of carbonyl (C=O) groups is 3. The number of alkyl carbamates (subject to hydrolysis) is 1. The summed E-state index contributed by atoms with van der Waals surface area (Å²) in [5, 5.41) is 12.2. The Morgan fingerprint density at radius 2 is 1.89 bits per heavy atom. The molecular formula is C33H39BrN4O9. The van der Waals surface area contributed by atoms with Crippen LogP contribution in [0.25, 0.3) is 22.3 Å². The van der Waals surface area contributed by atoms with Crippen molar-refractivity contribution in [2.24, 2.45) is 10.8 Å². The van der Waals surface area contributed by atoms with Gasteiger partial charge >= 0.3 is 12.1 Å². The number of carbonyl (C=O) groups excluding carboxylic acids is 3. The molecule has 0 bridgehead atoms. The molecule has 2 amide bonds. The summed E-state index contributed by atoms with van der Waals surface area (Å²) in [7, 11) is 1.25. The number of likely N-dealkylation sites (tertiary alicyclic amines) is 1. The molecule has 252 valence electrons. The molecule has 0 radical (unpaired) electrons. The van der Waals surface area contributed by atoms with Gasteiger partial charge in [-0.15, -0.1) is 0 Å². The second-order valence-corrected chi connectivity index (χ2v) is 14.3. The van der Waals surface area contributed by atoms with Crippen LogP contribution in [0.1, 0.15) is 41.0 Å². The van der Waals surface area contributed by atoms with E-state index in [1.165, 1.54) is 12.0 Å². The van der Waals surface area contributed by atoms with Crippen LogP contribution in [0.4, 0.5) is 4.79 Å². The second kappa shape index (κ2) is 13.5. The van der Waals surface area contributed by atoms with Crippen LogP contribution in [0.5, 0.6) is 17.4 Å². The van der Waals surface area contributed by atoms with Crippen LogP contribution in [-0.2, 0) is 19.1 Å². The molecule has 0 unspecified atom stereocenters. The number of aliphatic hydroxyl groups excluding tert-OH is 1. The third-order valence-corrected chi connectivity index (χ3v) is 8.43. The minimum absolute atomic E-state index is 0.0121. The molecular weight excluding hydrogens is 676 g/mol. The first kappa shape index (κ1) is 34.2. The first-order valence-corrected chi connectivity index (χ1v) is 16.0. The van der Waals surface area contributed by atoms with Gasteiger partial charge in [-0.1, -0.05) is 62.7 Å². The smallest absolute Gasteiger partial charge is 0.407 e. The lowest BCUT2D eigenvalue weighted by molar-refractivity contribution is -0.152. The second-order valence-electron chi connectivity index (χ2n) is 13.4. The largest absolute Gasteiger partial charge is 0.471 e. The van der Waals surface area contributed by atoms with Gasteiger partial charge in [0, 0.05) is 21.9 Å². The van der Waals surface area contributed by atoms with Crippen molar-refractivity contribution < 1.29 is 43.2 Å². The Balaban J connectivity index is 1.45. The summed E-state index contributed by atoms with van der Waals surface area (Å²) < 4.78 is 28.9. The first-order valence-electron chi connectivity index (χ1n) is 15.2. The number of nitrogens with zero attached hydrogens (tertiary/aromatic N) is 3. The monoisotopic (exact) mass is 714 g/mol. The number of nitrogens with one attached hydrogen (secondary N) is 1. The molecule has 1 fully saturated rings. The Kier molecular flexibility index (Phi) is 9.83. The highest BCUT2D eigenvalue weighted by atomic mass is 79.9. The Bertz CT molecular complexity index is 1680. The maximum atomic E-state index is 14.1. The molecule has 3 atom stereocenters. The van der Waals surface area contributed by atoms with E-state index >= 15 is 0 Å². The van der Waals surface area contributed by atoms with Gasteiger partial charge in [0.2, 0.25) is 18.6 Å². The summed E-state index contributed by atoms with van der Waals surface area (Å²) in [4.78, 5) is 51.0. The van der Waals surface area contributed by atoms with Crippen LogP contribution in [0.2, 0.25) is 0 Å². The van der Waals surface area contributed by atoms with Crippen LogP contribution in [0, 0.1) is 10.8 Å². The summed E-state index contributed by atoms with van der Waals surface area (Å²) in [5.41, 5.74) is 0.756. The van der Waals surface area contributed by atoms with E-state index in [1.807, 2.05) is 24.3 Å². The highest BCUT2D eigenvalue weighted by Gasteiger charge is 2.46. The van der Waals surface area contributed by atoms with E-state index in [-0.39, 0.29) is 38.9 Å². The van der Waals surface area contributed by atoms with Gasteiger partial charge in [-0.05, 0) is 29.7 Å². The third-order valence-electron chi connectivity index (χ3n) is 7.93. The van der Waals surface area contributed by atoms with Gasteiger partial charge in [0.25, 0.3) is 0 Å². The third kappa shape index (κ3) is 7.54. The molecule has 2 aliphatic rings. The van der Waals surface area contributed by atoms with E-state index in [0.717, 1.165) is 10.0 Å². The number of aliphatic hydroxyl groups is 1. The Morgan fingerprint density at radius 1 is 1.13 bits per heavy atom. The normalized spacial score (nSPS) is 18.2. The molecule has 13 nitrogen and oxygen atoms in total. The van der Waals surface area contributed by atoms with E-state index in [2.05, 4.69) is 21.2 Å². The van der Waals surface area contributed by atoms with Crippen molar-refractivity contribution in [3.05, 3.63) is 40.9 Å². The van der Waals surface area contributed by atoms with Crippen LogP contribution < -0.4 is 19.5 Å². The number of aromatic nitrogens is 2. The van der Waals surface area contributed by atoms with Crippen LogP contribution in [0.3, 0.4) is 0 Å². The lowest BCUT2D eigenvalue weighted by atomic mass is 9.85. The molecule has 2 aliphatic heterocycles. The topological polar surface area (TPSA) is 159 Å². The lowest BCUT2D eigenvalue weighted by Crippen LogP contribution is -2.57. The standard InChI is InChI=1S/C33H39BrN4O9/c1-32(2,3)27(37-31(42)44-16-33(4,5)15-39)29(40)38-14-20(13-22(38)30(41)43-6)47-28-24(18-8-7-9-19(34)12-18)36-25-21(35-28)10-11-23-26(25)46-17-45-23/h7-12,20,22,27,39H,13-17H2,1-6H3,(H,37,42)/t20-,22+,27-/m1/s1. The average Bonchev–Trinajstić information content (AvgIpc) is 3.69. The number of amides is 2. The fraction of sp³-hybridized carbons (Fsp3) is 0.485. The molecule has 1 aromatic heterocycles. The van der Waals surface area contributed by atoms with E-state index < -0.39 is 47.0 Å². The number of esters is 1. The number of rotatable bonds is 9. The van der Waals surface area contributed by atoms with Crippen molar-refractivity contribution in [2.45, 2.75) is 59.2 Å². The van der Waals surface area contributed by atoms with E-state index in [0.29, 0.717) is 28.2 Å². The first-order chi connectivity index (χ1) is 22.2. The molecule has 1 saturated heterocycles. The van der Waals surface area contributed by atoms with Crippen molar-refractivity contribution in [1.82, 2.24) is 20.2 Å². The summed E-state index contributed by atoms with van der Waals surface area (Å²) in [5.74, 6) is 0.142. The van der Waals surface area contributed by atoms with Gasteiger partial charge in [0.05, 0.1) is 25.8 Å². The van der Waals surface area contributed by atoms with Crippen LogP contribution in [-0.4, -0.2) is 89.8 Å². The van der Waals surface area contributed by atoms with Gasteiger partial charge in [0.15, 0.2) is 11.5 Å². The van der Waals surface area contributed by atoms with Crippen LogP contribution in [0.15, 0.2) is 40.9 Å². The maximum absolute atomic E-state index is 14.1. The summed E-state index contributed by atoms with van der Waals surface area (Å²) in [6.45, 7) is 8.72. The molecule has 47 heavy (non-hydrogen) atoms. The van der Waals surface area contributed by atoms with E-state index in [4.69, 9.17) is 33.7 Å². The van der Waals surface area contributed by atoms with E-state index in [9.17, 15) is 19.5 Å². The molecule has 5 rings (SSSR count). The lowest BCUT2D eigenvalue weighted by Gasteiger charge is -2.35. The Hall–Kier alpha value is -4.17. The number of fused-ring (bicyclic) bond motifs is 3. The predicted molar refractivity (Wildman–Crippen MR) is 174 cm³/mol. The quantitative estimate of drug-likeness (QED) is 0.301. The Labute approximate surface area is 281 Å². The van der Waals surface area contributed by atoms with Gasteiger partial charge in [0.1, 0.15) is 36.0 Å². The maximum Gasteiger partial charge on any atom is 0.407 e.